The summed E-state index contributed by atoms with van der Waals surface area (Å²) in [7, 11) is 0. The van der Waals surface area contributed by atoms with E-state index < -0.39 is 5.97 Å². The maximum Gasteiger partial charge on any atom is 0.307 e. The molecule has 0 fully saturated rings. The molecule has 0 spiro atoms. The number of fused-ring (bicyclic) bond motifs is 1. The lowest BCUT2D eigenvalue weighted by Gasteiger charge is -2.24. The zero-order valence-electron chi connectivity index (χ0n) is 10.9. The number of Topliss-reactive ketones (excluding diaryl/α,β-unsaturated/α-hetero) is 2. The van der Waals surface area contributed by atoms with Crippen molar-refractivity contribution >= 4 is 17.5 Å². The maximum atomic E-state index is 12.5. The van der Waals surface area contributed by atoms with Gasteiger partial charge in [0.05, 0.1) is 0 Å². The Balaban J connectivity index is 1.99. The predicted octanol–water partition coefficient (Wildman–Crippen LogP) is 2.60. The Labute approximate surface area is 115 Å². The number of carbonyl (C=O) groups is 3. The summed E-state index contributed by atoms with van der Waals surface area (Å²) >= 11 is 0. The third-order valence-electron chi connectivity index (χ3n) is 3.49. The molecule has 0 bridgehead atoms. The van der Waals surface area contributed by atoms with Gasteiger partial charge in [0.2, 0.25) is 0 Å². The Morgan fingerprint density at radius 3 is 2.25 bits per heavy atom. The number of rotatable bonds is 1. The van der Waals surface area contributed by atoms with Crippen LogP contribution in [0.25, 0.3) is 0 Å². The molecule has 1 aromatic carbocycles. The van der Waals surface area contributed by atoms with E-state index in [-0.39, 0.29) is 18.0 Å². The number of benzene rings is 1. The van der Waals surface area contributed by atoms with Gasteiger partial charge < -0.3 is 4.74 Å². The molecule has 4 nitrogen and oxygen atoms in total. The lowest BCUT2D eigenvalue weighted by molar-refractivity contribution is -0.137. The summed E-state index contributed by atoms with van der Waals surface area (Å²) in [6, 6.07) is 6.81. The van der Waals surface area contributed by atoms with Crippen LogP contribution in [0.15, 0.2) is 47.2 Å². The molecule has 3 rings (SSSR count). The Morgan fingerprint density at radius 1 is 1.05 bits per heavy atom. The Kier molecular flexibility index (Phi) is 2.86. The molecule has 0 saturated carbocycles. The van der Waals surface area contributed by atoms with Crippen LogP contribution in [0.1, 0.15) is 40.5 Å². The number of carbonyl (C=O) groups excluding carboxylic acids is 3. The smallest absolute Gasteiger partial charge is 0.307 e. The van der Waals surface area contributed by atoms with Crippen molar-refractivity contribution in [3.05, 3.63) is 58.4 Å². The second-order valence-electron chi connectivity index (χ2n) is 4.81. The first-order valence-electron chi connectivity index (χ1n) is 6.36. The summed E-state index contributed by atoms with van der Waals surface area (Å²) < 4.78 is 5.04. The fraction of sp³-hybridized carbons (Fsp3) is 0.188. The molecule has 0 saturated heterocycles. The van der Waals surface area contributed by atoms with Crippen LogP contribution in [0.4, 0.5) is 0 Å². The lowest BCUT2D eigenvalue weighted by Crippen LogP contribution is -2.24. The molecule has 20 heavy (non-hydrogen) atoms. The molecule has 0 amide bonds. The van der Waals surface area contributed by atoms with Crippen molar-refractivity contribution in [2.75, 3.05) is 0 Å². The second-order valence-corrected chi connectivity index (χ2v) is 4.81. The highest BCUT2D eigenvalue weighted by Gasteiger charge is 2.33. The first-order chi connectivity index (χ1) is 9.58. The molecule has 0 heterocycles. The van der Waals surface area contributed by atoms with Crippen LogP contribution in [0.3, 0.4) is 0 Å². The second kappa shape index (κ2) is 4.56. The largest absolute Gasteiger partial charge is 0.431 e. The molecule has 1 aromatic rings. The molecule has 0 aromatic heterocycles. The molecule has 0 atom stereocenters. The predicted molar refractivity (Wildman–Crippen MR) is 71.2 cm³/mol. The summed E-state index contributed by atoms with van der Waals surface area (Å²) in [5, 5.41) is 0. The van der Waals surface area contributed by atoms with Gasteiger partial charge in [0.25, 0.3) is 0 Å². The van der Waals surface area contributed by atoms with E-state index in [2.05, 4.69) is 0 Å². The van der Waals surface area contributed by atoms with Gasteiger partial charge in [-0.3, -0.25) is 14.4 Å². The minimum Gasteiger partial charge on any atom is -0.431 e. The van der Waals surface area contributed by atoms with E-state index in [4.69, 9.17) is 4.74 Å². The maximum absolute atomic E-state index is 12.5. The van der Waals surface area contributed by atoms with E-state index in [1.54, 1.807) is 30.3 Å². The van der Waals surface area contributed by atoms with Crippen LogP contribution in [-0.4, -0.2) is 17.5 Å². The molecule has 0 unspecified atom stereocenters. The van der Waals surface area contributed by atoms with Crippen LogP contribution in [0, 0.1) is 0 Å². The fourth-order valence-electron chi connectivity index (χ4n) is 2.61. The molecule has 0 N–H and O–H groups in total. The SMILES string of the molecule is CC(=O)OC1=CCC2=C(C1)C(=O)c1ccccc1C2=O. The van der Waals surface area contributed by atoms with Crippen molar-refractivity contribution in [2.24, 2.45) is 0 Å². The van der Waals surface area contributed by atoms with E-state index >= 15 is 0 Å². The molecule has 100 valence electrons. The van der Waals surface area contributed by atoms with Gasteiger partial charge in [-0.25, -0.2) is 0 Å². The van der Waals surface area contributed by atoms with E-state index in [1.807, 2.05) is 0 Å². The Morgan fingerprint density at radius 2 is 1.65 bits per heavy atom. The summed E-state index contributed by atoms with van der Waals surface area (Å²) in [4.78, 5) is 35.8. The van der Waals surface area contributed by atoms with Crippen LogP contribution in [0.5, 0.6) is 0 Å². The van der Waals surface area contributed by atoms with Gasteiger partial charge in [-0.1, -0.05) is 24.3 Å². The molecular weight excluding hydrogens is 256 g/mol. The van der Waals surface area contributed by atoms with Crippen molar-refractivity contribution in [1.82, 2.24) is 0 Å². The van der Waals surface area contributed by atoms with E-state index in [0.29, 0.717) is 34.5 Å². The average Bonchev–Trinajstić information content (AvgIpc) is 2.44. The quantitative estimate of drug-likeness (QED) is 0.734. The van der Waals surface area contributed by atoms with Gasteiger partial charge in [0.15, 0.2) is 11.6 Å². The minimum absolute atomic E-state index is 0.103. The monoisotopic (exact) mass is 268 g/mol. The molecular formula is C16H12O4. The van der Waals surface area contributed by atoms with Gasteiger partial charge in [0.1, 0.15) is 5.76 Å². The summed E-state index contributed by atoms with van der Waals surface area (Å²) in [5.41, 5.74) is 1.86. The van der Waals surface area contributed by atoms with Gasteiger partial charge in [-0.05, 0) is 12.5 Å². The topological polar surface area (TPSA) is 60.4 Å². The Hall–Kier alpha value is -2.49. The van der Waals surface area contributed by atoms with Gasteiger partial charge >= 0.3 is 5.97 Å². The third-order valence-corrected chi connectivity index (χ3v) is 3.49. The number of allylic oxidation sites excluding steroid dienone is 3. The van der Waals surface area contributed by atoms with E-state index in [0.717, 1.165) is 0 Å². The highest BCUT2D eigenvalue weighted by molar-refractivity contribution is 6.27. The molecule has 4 heteroatoms. The van der Waals surface area contributed by atoms with Gasteiger partial charge in [0, 0.05) is 35.6 Å². The number of hydrogen-bond acceptors (Lipinski definition) is 4. The zero-order chi connectivity index (χ0) is 14.3. The number of esters is 1. The normalized spacial score (nSPS) is 17.4. The van der Waals surface area contributed by atoms with Crippen LogP contribution >= 0.6 is 0 Å². The molecule has 0 aliphatic heterocycles. The van der Waals surface area contributed by atoms with Crippen molar-refractivity contribution in [3.8, 4) is 0 Å². The number of hydrogen-bond donors (Lipinski definition) is 0. The van der Waals surface area contributed by atoms with E-state index in [9.17, 15) is 14.4 Å². The minimum atomic E-state index is -0.421. The van der Waals surface area contributed by atoms with Crippen molar-refractivity contribution < 1.29 is 19.1 Å². The fourth-order valence-corrected chi connectivity index (χ4v) is 2.61. The standard InChI is InChI=1S/C16H12O4/c1-9(17)20-10-6-7-13-14(8-10)16(19)12-5-3-2-4-11(12)15(13)18/h2-6H,7-8H2,1H3. The first-order valence-corrected chi connectivity index (χ1v) is 6.36. The Bertz CT molecular complexity index is 707. The van der Waals surface area contributed by atoms with Crippen molar-refractivity contribution in [1.29, 1.82) is 0 Å². The number of ether oxygens (including phenoxy) is 1. The van der Waals surface area contributed by atoms with Crippen molar-refractivity contribution in [3.63, 3.8) is 0 Å². The summed E-state index contributed by atoms with van der Waals surface area (Å²) in [5.74, 6) is -0.228. The highest BCUT2D eigenvalue weighted by Crippen LogP contribution is 2.35. The van der Waals surface area contributed by atoms with Crippen LogP contribution < -0.4 is 0 Å². The molecule has 2 aliphatic rings. The third kappa shape index (κ3) is 1.90. The zero-order valence-corrected chi connectivity index (χ0v) is 10.9. The van der Waals surface area contributed by atoms with Gasteiger partial charge in [-0.2, -0.15) is 0 Å². The van der Waals surface area contributed by atoms with Crippen LogP contribution in [-0.2, 0) is 9.53 Å². The lowest BCUT2D eigenvalue weighted by atomic mass is 9.79. The number of ketones is 2. The molecule has 2 aliphatic carbocycles. The van der Waals surface area contributed by atoms with Crippen molar-refractivity contribution in [2.45, 2.75) is 19.8 Å². The van der Waals surface area contributed by atoms with E-state index in [1.165, 1.54) is 6.92 Å². The first kappa shape index (κ1) is 12.5. The molecule has 0 radical (unpaired) electrons. The summed E-state index contributed by atoms with van der Waals surface area (Å²) in [6.45, 7) is 1.31. The average molecular weight is 268 g/mol. The highest BCUT2D eigenvalue weighted by atomic mass is 16.5. The summed E-state index contributed by atoms with van der Waals surface area (Å²) in [6.07, 6.45) is 2.23. The van der Waals surface area contributed by atoms with Gasteiger partial charge in [-0.15, -0.1) is 0 Å². The van der Waals surface area contributed by atoms with Crippen LogP contribution in [0.2, 0.25) is 0 Å².